The first-order chi connectivity index (χ1) is 7.74. The van der Waals surface area contributed by atoms with E-state index in [1.54, 1.807) is 10.9 Å². The van der Waals surface area contributed by atoms with Crippen molar-refractivity contribution in [2.24, 2.45) is 0 Å². The summed E-state index contributed by atoms with van der Waals surface area (Å²) in [5.74, 6) is 0. The number of hydrogen-bond acceptors (Lipinski definition) is 3. The maximum atomic E-state index is 6.14. The molecule has 0 unspecified atom stereocenters. The first-order valence-corrected chi connectivity index (χ1v) is 6.30. The Morgan fingerprint density at radius 2 is 1.94 bits per heavy atom. The highest BCUT2D eigenvalue weighted by Crippen LogP contribution is 2.26. The summed E-state index contributed by atoms with van der Waals surface area (Å²) in [6.45, 7) is 0. The van der Waals surface area contributed by atoms with Crippen molar-refractivity contribution in [2.75, 3.05) is 12.0 Å². The van der Waals surface area contributed by atoms with E-state index in [2.05, 4.69) is 5.10 Å². The topological polar surface area (TPSA) is 42.8 Å². The van der Waals surface area contributed by atoms with Crippen molar-refractivity contribution in [3.8, 4) is 5.69 Å². The fourth-order valence-corrected chi connectivity index (χ4v) is 2.36. The Morgan fingerprint density at radius 3 is 2.53 bits per heavy atom. The molecule has 1 aromatic heterocycles. The van der Waals surface area contributed by atoms with Crippen molar-refractivity contribution < 1.29 is 28.7 Å². The summed E-state index contributed by atoms with van der Waals surface area (Å²) in [4.78, 5) is 0. The minimum absolute atomic E-state index is 0. The van der Waals surface area contributed by atoms with E-state index in [4.69, 9.17) is 17.3 Å². The van der Waals surface area contributed by atoms with Gasteiger partial charge in [0.05, 0.1) is 5.69 Å². The summed E-state index contributed by atoms with van der Waals surface area (Å²) < 4.78 is 1.78. The number of rotatable bonds is 2. The van der Waals surface area contributed by atoms with Gasteiger partial charge in [-0.25, -0.2) is 0 Å². The molecule has 2 aromatic rings. The lowest BCUT2D eigenvalue weighted by Crippen LogP contribution is -3.00. The summed E-state index contributed by atoms with van der Waals surface area (Å²) >= 11 is 7.66. The molecule has 0 saturated carbocycles. The van der Waals surface area contributed by atoms with Gasteiger partial charge in [-0.15, -0.1) is 0 Å². The highest BCUT2D eigenvalue weighted by atomic mass is 127. The second-order valence-corrected chi connectivity index (χ2v) is 4.34. The zero-order valence-corrected chi connectivity index (χ0v) is 12.8. The van der Waals surface area contributed by atoms with Gasteiger partial charge in [-0.05, 0) is 10.9 Å². The van der Waals surface area contributed by atoms with E-state index in [9.17, 15) is 0 Å². The zero-order valence-electron chi connectivity index (χ0n) is 9.10. The first-order valence-electron chi connectivity index (χ1n) is 4.69. The predicted molar refractivity (Wildman–Crippen MR) is 67.0 cm³/mol. The lowest BCUT2D eigenvalue weighted by molar-refractivity contribution is -0.697. The lowest BCUT2D eigenvalue weighted by atomic mass is 10.3. The van der Waals surface area contributed by atoms with Crippen molar-refractivity contribution in [3.63, 3.8) is 0 Å². The van der Waals surface area contributed by atoms with Crippen LogP contribution in [0.1, 0.15) is 0 Å². The maximum absolute atomic E-state index is 6.14. The van der Waals surface area contributed by atoms with Crippen molar-refractivity contribution in [3.05, 3.63) is 41.6 Å². The molecule has 3 nitrogen and oxygen atoms in total. The molecule has 6 heteroatoms. The number of aromatic nitrogens is 2. The Labute approximate surface area is 126 Å². The van der Waals surface area contributed by atoms with Crippen LogP contribution in [0.5, 0.6) is 0 Å². The third-order valence-corrected chi connectivity index (χ3v) is 3.41. The van der Waals surface area contributed by atoms with Crippen LogP contribution in [0.25, 0.3) is 5.69 Å². The summed E-state index contributed by atoms with van der Waals surface area (Å²) in [5.41, 5.74) is 7.19. The van der Waals surface area contributed by atoms with Crippen LogP contribution in [0.2, 0.25) is 5.02 Å². The summed E-state index contributed by atoms with van der Waals surface area (Å²) in [7, 11) is 0. The molecule has 0 radical (unpaired) electrons. The monoisotopic (exact) mass is 379 g/mol. The minimum Gasteiger partial charge on any atom is -1.00 e. The van der Waals surface area contributed by atoms with Gasteiger partial charge in [-0.1, -0.05) is 41.6 Å². The third-order valence-electron chi connectivity index (χ3n) is 2.14. The number of halogens is 2. The van der Waals surface area contributed by atoms with Crippen LogP contribution >= 0.6 is 23.4 Å². The van der Waals surface area contributed by atoms with E-state index in [0.29, 0.717) is 10.7 Å². The molecule has 0 aliphatic rings. The number of para-hydroxylation sites is 1. The summed E-state index contributed by atoms with van der Waals surface area (Å²) in [6.07, 6.45) is 3.51. The molecule has 0 aliphatic heterocycles. The SMILES string of the molecule is CSc1c(Cl)c(N)cn[n+]1-c1ccccc1.[I-]. The second-order valence-electron chi connectivity index (χ2n) is 3.17. The van der Waals surface area contributed by atoms with E-state index >= 15 is 0 Å². The van der Waals surface area contributed by atoms with Gasteiger partial charge in [-0.2, -0.15) is 0 Å². The average molecular weight is 380 g/mol. The second kappa shape index (κ2) is 6.42. The molecule has 17 heavy (non-hydrogen) atoms. The number of nitrogens with two attached hydrogens (primary N) is 1. The van der Waals surface area contributed by atoms with Gasteiger partial charge in [0.1, 0.15) is 11.2 Å². The number of hydrogen-bond donors (Lipinski definition) is 1. The molecule has 0 saturated heterocycles. The standard InChI is InChI=1S/C11H10ClN3S.HI/c1-16-11-10(12)9(13)7-14-15(11)8-5-3-2-4-6-8;/h2-7,13H,1H3;1H. The molecule has 0 amide bonds. The highest BCUT2D eigenvalue weighted by molar-refractivity contribution is 7.98. The van der Waals surface area contributed by atoms with Gasteiger partial charge in [0, 0.05) is 17.2 Å². The van der Waals surface area contributed by atoms with E-state index in [1.807, 2.05) is 36.6 Å². The Bertz CT molecular complexity index is 508. The first kappa shape index (κ1) is 14.5. The lowest BCUT2D eigenvalue weighted by Gasteiger charge is -2.01. The molecule has 0 atom stereocenters. The Morgan fingerprint density at radius 1 is 1.29 bits per heavy atom. The molecule has 90 valence electrons. The van der Waals surface area contributed by atoms with Crippen molar-refractivity contribution in [1.82, 2.24) is 5.10 Å². The smallest absolute Gasteiger partial charge is 0.293 e. The van der Waals surface area contributed by atoms with Gasteiger partial charge in [-0.3, -0.25) is 0 Å². The van der Waals surface area contributed by atoms with Crippen molar-refractivity contribution in [1.29, 1.82) is 0 Å². The molecule has 0 fully saturated rings. The van der Waals surface area contributed by atoms with E-state index in [1.165, 1.54) is 11.8 Å². The van der Waals surface area contributed by atoms with E-state index in [0.717, 1.165) is 10.7 Å². The van der Waals surface area contributed by atoms with Gasteiger partial charge in [0.25, 0.3) is 5.03 Å². The largest absolute Gasteiger partial charge is 1.00 e. The number of anilines is 1. The van der Waals surface area contributed by atoms with E-state index < -0.39 is 0 Å². The molecular weight excluding hydrogens is 369 g/mol. The molecule has 1 heterocycles. The van der Waals surface area contributed by atoms with Gasteiger partial charge in [0.2, 0.25) is 5.69 Å². The Kier molecular flexibility index (Phi) is 5.48. The molecule has 0 aliphatic carbocycles. The number of thioether (sulfide) groups is 1. The predicted octanol–water partition coefficient (Wildman–Crippen LogP) is -0.680. The van der Waals surface area contributed by atoms with Gasteiger partial charge in [0.15, 0.2) is 0 Å². The fraction of sp³-hybridized carbons (Fsp3) is 0.0909. The normalized spacial score (nSPS) is 9.76. The minimum atomic E-state index is 0. The highest BCUT2D eigenvalue weighted by Gasteiger charge is 2.20. The molecule has 1 aromatic carbocycles. The summed E-state index contributed by atoms with van der Waals surface area (Å²) in [5, 5.41) is 5.65. The Hall–Kier alpha value is -0.530. The fourth-order valence-electron chi connectivity index (χ4n) is 1.37. The van der Waals surface area contributed by atoms with Crippen LogP contribution in [0, 0.1) is 0 Å². The van der Waals surface area contributed by atoms with Crippen LogP contribution in [-0.4, -0.2) is 11.4 Å². The molecule has 0 spiro atoms. The van der Waals surface area contributed by atoms with Crippen LogP contribution < -0.4 is 34.4 Å². The van der Waals surface area contributed by atoms with Crippen LogP contribution in [-0.2, 0) is 0 Å². The number of nitrogens with zero attached hydrogens (tertiary/aromatic N) is 2. The molecule has 2 N–H and O–H groups in total. The molecule has 2 rings (SSSR count). The third kappa shape index (κ3) is 3.02. The Balaban J connectivity index is 0.00000144. The zero-order chi connectivity index (χ0) is 11.5. The number of nitrogen functional groups attached to an aromatic ring is 1. The molecular formula is C11H11ClIN3S. The van der Waals surface area contributed by atoms with E-state index in [-0.39, 0.29) is 24.0 Å². The van der Waals surface area contributed by atoms with Gasteiger partial charge >= 0.3 is 0 Å². The van der Waals surface area contributed by atoms with Crippen LogP contribution in [0.3, 0.4) is 0 Å². The van der Waals surface area contributed by atoms with Crippen LogP contribution in [0.15, 0.2) is 41.6 Å². The van der Waals surface area contributed by atoms with Gasteiger partial charge < -0.3 is 29.7 Å². The summed E-state index contributed by atoms with van der Waals surface area (Å²) in [6, 6.07) is 9.82. The molecule has 0 bridgehead atoms. The van der Waals surface area contributed by atoms with Crippen molar-refractivity contribution >= 4 is 29.1 Å². The maximum Gasteiger partial charge on any atom is 0.293 e. The quantitative estimate of drug-likeness (QED) is 0.427. The average Bonchev–Trinajstić information content (AvgIpc) is 2.33. The number of benzene rings is 1. The van der Waals surface area contributed by atoms with Crippen molar-refractivity contribution in [2.45, 2.75) is 5.03 Å². The van der Waals surface area contributed by atoms with Crippen LogP contribution in [0.4, 0.5) is 5.69 Å².